The summed E-state index contributed by atoms with van der Waals surface area (Å²) in [6.07, 6.45) is 4.32. The van der Waals surface area contributed by atoms with Gasteiger partial charge in [0.05, 0.1) is 13.0 Å². The van der Waals surface area contributed by atoms with Gasteiger partial charge in [0.15, 0.2) is 0 Å². The van der Waals surface area contributed by atoms with Crippen molar-refractivity contribution in [2.45, 2.75) is 45.1 Å². The van der Waals surface area contributed by atoms with Crippen molar-refractivity contribution in [3.63, 3.8) is 0 Å². The van der Waals surface area contributed by atoms with Gasteiger partial charge in [-0.25, -0.2) is 0 Å². The summed E-state index contributed by atoms with van der Waals surface area (Å²) in [5.74, 6) is -0.639. The van der Waals surface area contributed by atoms with E-state index in [1.807, 2.05) is 6.92 Å². The van der Waals surface area contributed by atoms with Crippen molar-refractivity contribution < 1.29 is 17.9 Å². The number of methoxy groups -OCH3 is 1. The summed E-state index contributed by atoms with van der Waals surface area (Å²) in [6, 6.07) is 0.0484. The maximum Gasteiger partial charge on any atom is 0.309 e. The molecule has 2 atom stereocenters. The molecule has 0 N–H and O–H groups in total. The molecule has 2 saturated heterocycles. The van der Waals surface area contributed by atoms with Crippen LogP contribution in [0, 0.1) is 5.92 Å². The summed E-state index contributed by atoms with van der Waals surface area (Å²) < 4.78 is 33.2. The number of piperidine rings is 2. The van der Waals surface area contributed by atoms with Crippen LogP contribution in [-0.2, 0) is 19.7 Å². The number of nitrogens with zero attached hydrogens (tertiary/aromatic N) is 2. The van der Waals surface area contributed by atoms with Crippen molar-refractivity contribution in [3.8, 4) is 0 Å². The molecule has 7 heteroatoms. The molecular formula is C13H24N2O4S. The van der Waals surface area contributed by atoms with Gasteiger partial charge < -0.3 is 4.74 Å². The Balaban J connectivity index is 2.10. The van der Waals surface area contributed by atoms with Crippen LogP contribution in [0.5, 0.6) is 0 Å². The number of carbonyl (C=O) groups excluding carboxylic acids is 1. The molecule has 1 unspecified atom stereocenters. The van der Waals surface area contributed by atoms with E-state index in [4.69, 9.17) is 4.74 Å². The molecule has 0 aromatic rings. The largest absolute Gasteiger partial charge is 0.469 e. The Hall–Kier alpha value is -0.660. The highest BCUT2D eigenvalue weighted by atomic mass is 32.2. The van der Waals surface area contributed by atoms with Crippen molar-refractivity contribution in [2.24, 2.45) is 5.92 Å². The number of hydrogen-bond donors (Lipinski definition) is 0. The topological polar surface area (TPSA) is 66.9 Å². The fraction of sp³-hybridized carbons (Fsp3) is 0.923. The predicted molar refractivity (Wildman–Crippen MR) is 75.3 cm³/mol. The second kappa shape index (κ2) is 6.41. The fourth-order valence-electron chi connectivity index (χ4n) is 3.07. The number of carbonyl (C=O) groups is 1. The van der Waals surface area contributed by atoms with E-state index in [1.165, 1.54) is 11.4 Å². The standard InChI is InChI=1S/C13H24N2O4S/c1-11-6-3-4-9-15(11)20(17,18)14-8-5-7-12(10-14)13(16)19-2/h11-12H,3-10H2,1-2H3/t11?,12-/m0/s1. The van der Waals surface area contributed by atoms with Crippen LogP contribution in [0.2, 0.25) is 0 Å². The number of rotatable bonds is 3. The lowest BCUT2D eigenvalue weighted by Gasteiger charge is -2.38. The molecule has 0 spiro atoms. The molecule has 0 amide bonds. The van der Waals surface area contributed by atoms with Crippen LogP contribution in [0.1, 0.15) is 39.0 Å². The quantitative estimate of drug-likeness (QED) is 0.729. The Morgan fingerprint density at radius 3 is 2.55 bits per heavy atom. The van der Waals surface area contributed by atoms with Crippen LogP contribution in [0.15, 0.2) is 0 Å². The van der Waals surface area contributed by atoms with Crippen LogP contribution < -0.4 is 0 Å². The highest BCUT2D eigenvalue weighted by Crippen LogP contribution is 2.26. The molecule has 2 aliphatic rings. The van der Waals surface area contributed by atoms with Gasteiger partial charge in [-0.3, -0.25) is 4.79 Å². The van der Waals surface area contributed by atoms with Gasteiger partial charge >= 0.3 is 5.97 Å². The third-order valence-electron chi connectivity index (χ3n) is 4.28. The lowest BCUT2D eigenvalue weighted by molar-refractivity contribution is -0.146. The normalized spacial score (nSPS) is 30.1. The Kier molecular flexibility index (Phi) is 5.04. The highest BCUT2D eigenvalue weighted by molar-refractivity contribution is 7.86. The maximum atomic E-state index is 12.7. The summed E-state index contributed by atoms with van der Waals surface area (Å²) in [6.45, 7) is 3.29. The number of esters is 1. The third-order valence-corrected chi connectivity index (χ3v) is 6.40. The van der Waals surface area contributed by atoms with E-state index in [2.05, 4.69) is 0 Å². The summed E-state index contributed by atoms with van der Waals surface area (Å²) in [4.78, 5) is 11.6. The first kappa shape index (κ1) is 15.7. The zero-order valence-corrected chi connectivity index (χ0v) is 13.1. The predicted octanol–water partition coefficient (Wildman–Crippen LogP) is 0.991. The molecule has 0 bridgehead atoms. The van der Waals surface area contributed by atoms with Crippen molar-refractivity contribution in [2.75, 3.05) is 26.7 Å². The summed E-state index contributed by atoms with van der Waals surface area (Å²) in [7, 11) is -2.10. The van der Waals surface area contributed by atoms with Gasteiger partial charge in [-0.15, -0.1) is 0 Å². The average molecular weight is 304 g/mol. The first-order chi connectivity index (χ1) is 9.46. The van der Waals surface area contributed by atoms with E-state index in [1.54, 1.807) is 4.31 Å². The van der Waals surface area contributed by atoms with E-state index < -0.39 is 10.2 Å². The van der Waals surface area contributed by atoms with E-state index in [-0.39, 0.29) is 24.5 Å². The highest BCUT2D eigenvalue weighted by Gasteiger charge is 2.38. The van der Waals surface area contributed by atoms with Gasteiger partial charge in [0.25, 0.3) is 10.2 Å². The van der Waals surface area contributed by atoms with Crippen LogP contribution in [0.3, 0.4) is 0 Å². The minimum absolute atomic E-state index is 0.0484. The van der Waals surface area contributed by atoms with Gasteiger partial charge in [-0.2, -0.15) is 17.0 Å². The van der Waals surface area contributed by atoms with Crippen molar-refractivity contribution >= 4 is 16.2 Å². The Morgan fingerprint density at radius 1 is 1.15 bits per heavy atom. The average Bonchev–Trinajstić information content (AvgIpc) is 2.47. The molecule has 2 rings (SSSR count). The lowest BCUT2D eigenvalue weighted by atomic mass is 10.0. The zero-order valence-electron chi connectivity index (χ0n) is 12.2. The summed E-state index contributed by atoms with van der Waals surface area (Å²) in [5.41, 5.74) is 0. The Morgan fingerprint density at radius 2 is 1.90 bits per heavy atom. The molecule has 2 heterocycles. The lowest BCUT2D eigenvalue weighted by Crippen LogP contribution is -2.53. The van der Waals surface area contributed by atoms with Gasteiger partial charge in [-0.1, -0.05) is 6.42 Å². The van der Waals surface area contributed by atoms with Crippen molar-refractivity contribution in [3.05, 3.63) is 0 Å². The molecule has 6 nitrogen and oxygen atoms in total. The summed E-state index contributed by atoms with van der Waals surface area (Å²) >= 11 is 0. The molecule has 2 aliphatic heterocycles. The monoisotopic (exact) mass is 304 g/mol. The van der Waals surface area contributed by atoms with Crippen molar-refractivity contribution in [1.82, 2.24) is 8.61 Å². The van der Waals surface area contributed by atoms with E-state index in [0.29, 0.717) is 25.9 Å². The molecule has 2 fully saturated rings. The van der Waals surface area contributed by atoms with Crippen LogP contribution >= 0.6 is 0 Å². The first-order valence-electron chi connectivity index (χ1n) is 7.31. The molecule has 116 valence electrons. The molecule has 0 aromatic carbocycles. The Labute approximate surface area is 121 Å². The maximum absolute atomic E-state index is 12.7. The molecular weight excluding hydrogens is 280 g/mol. The molecule has 0 aliphatic carbocycles. The second-order valence-electron chi connectivity index (χ2n) is 5.68. The first-order valence-corrected chi connectivity index (χ1v) is 8.71. The SMILES string of the molecule is COC(=O)[C@H]1CCCN(S(=O)(=O)N2CCCCC2C)C1. The van der Waals surface area contributed by atoms with Crippen LogP contribution in [0.4, 0.5) is 0 Å². The third kappa shape index (κ3) is 3.15. The van der Waals surface area contributed by atoms with Crippen molar-refractivity contribution in [1.29, 1.82) is 0 Å². The van der Waals surface area contributed by atoms with Gasteiger partial charge in [0.2, 0.25) is 0 Å². The van der Waals surface area contributed by atoms with Gasteiger partial charge in [0.1, 0.15) is 0 Å². The minimum Gasteiger partial charge on any atom is -0.469 e. The fourth-order valence-corrected chi connectivity index (χ4v) is 5.02. The number of ether oxygens (including phenoxy) is 1. The van der Waals surface area contributed by atoms with Gasteiger partial charge in [0, 0.05) is 25.7 Å². The number of hydrogen-bond acceptors (Lipinski definition) is 4. The molecule has 0 aromatic heterocycles. The second-order valence-corrected chi connectivity index (χ2v) is 7.56. The van der Waals surface area contributed by atoms with E-state index >= 15 is 0 Å². The van der Waals surface area contributed by atoms with Gasteiger partial charge in [-0.05, 0) is 32.6 Å². The minimum atomic E-state index is -3.45. The summed E-state index contributed by atoms with van der Waals surface area (Å²) in [5, 5.41) is 0. The molecule has 20 heavy (non-hydrogen) atoms. The van der Waals surface area contributed by atoms with E-state index in [0.717, 1.165) is 19.3 Å². The van der Waals surface area contributed by atoms with Crippen LogP contribution in [0.25, 0.3) is 0 Å². The zero-order chi connectivity index (χ0) is 14.8. The van der Waals surface area contributed by atoms with Crippen LogP contribution in [-0.4, -0.2) is 55.8 Å². The van der Waals surface area contributed by atoms with E-state index in [9.17, 15) is 13.2 Å². The molecule has 0 saturated carbocycles. The smallest absolute Gasteiger partial charge is 0.309 e. The Bertz CT molecular complexity index is 451. The molecule has 0 radical (unpaired) electrons.